The highest BCUT2D eigenvalue weighted by Crippen LogP contribution is 2.39. The summed E-state index contributed by atoms with van der Waals surface area (Å²) in [5, 5.41) is 12.7. The Labute approximate surface area is 128 Å². The van der Waals surface area contributed by atoms with E-state index < -0.39 is 0 Å². The van der Waals surface area contributed by atoms with Gasteiger partial charge in [-0.1, -0.05) is 18.6 Å². The molecule has 0 aliphatic heterocycles. The lowest BCUT2D eigenvalue weighted by Crippen LogP contribution is -2.44. The normalized spacial score (nSPS) is 26.3. The lowest BCUT2D eigenvalue weighted by atomic mass is 9.87. The van der Waals surface area contributed by atoms with Gasteiger partial charge in [0.05, 0.1) is 6.07 Å². The van der Waals surface area contributed by atoms with E-state index in [0.29, 0.717) is 5.92 Å². The second kappa shape index (κ2) is 6.78. The van der Waals surface area contributed by atoms with E-state index in [1.807, 2.05) is 24.9 Å². The van der Waals surface area contributed by atoms with E-state index in [9.17, 15) is 5.26 Å². The van der Waals surface area contributed by atoms with Gasteiger partial charge in [0.25, 0.3) is 0 Å². The first kappa shape index (κ1) is 14.9. The van der Waals surface area contributed by atoms with Crippen LogP contribution in [0.1, 0.15) is 25.7 Å². The second-order valence-electron chi connectivity index (χ2n) is 4.99. The molecule has 2 unspecified atom stereocenters. The lowest BCUT2D eigenvalue weighted by molar-refractivity contribution is 0.332. The molecule has 1 aromatic rings. The summed E-state index contributed by atoms with van der Waals surface area (Å²) in [6.45, 7) is 0. The Hall–Kier alpha value is -0.500. The van der Waals surface area contributed by atoms with Crippen molar-refractivity contribution in [3.63, 3.8) is 0 Å². The van der Waals surface area contributed by atoms with Gasteiger partial charge in [-0.05, 0) is 66.0 Å². The quantitative estimate of drug-likeness (QED) is 0.816. The van der Waals surface area contributed by atoms with Crippen LogP contribution in [0.4, 0.5) is 0 Å². The number of nitrogens with one attached hydrogen (secondary N) is 1. The fraction of sp³-hybridized carbons (Fsp3) is 0.533. The summed E-state index contributed by atoms with van der Waals surface area (Å²) in [5.74, 6) is 1.55. The summed E-state index contributed by atoms with van der Waals surface area (Å²) in [6, 6.07) is 10.8. The molecule has 0 aromatic heterocycles. The highest BCUT2D eigenvalue weighted by Gasteiger charge is 2.41. The van der Waals surface area contributed by atoms with Gasteiger partial charge in [0.1, 0.15) is 5.54 Å². The van der Waals surface area contributed by atoms with Crippen molar-refractivity contribution in [3.05, 3.63) is 28.7 Å². The number of nitriles is 1. The van der Waals surface area contributed by atoms with Crippen molar-refractivity contribution in [1.29, 1.82) is 5.26 Å². The van der Waals surface area contributed by atoms with Crippen molar-refractivity contribution in [2.45, 2.75) is 36.1 Å². The van der Waals surface area contributed by atoms with Crippen LogP contribution in [0.2, 0.25) is 0 Å². The Morgan fingerprint density at radius 3 is 3.00 bits per heavy atom. The molecule has 1 aromatic carbocycles. The maximum atomic E-state index is 9.42. The molecule has 0 heterocycles. The molecular formula is C15H19BrN2S. The first-order chi connectivity index (χ1) is 9.22. The third kappa shape index (κ3) is 3.34. The van der Waals surface area contributed by atoms with Crippen molar-refractivity contribution in [2.24, 2.45) is 5.92 Å². The molecule has 0 saturated heterocycles. The fourth-order valence-electron chi connectivity index (χ4n) is 2.87. The Morgan fingerprint density at radius 2 is 2.32 bits per heavy atom. The Morgan fingerprint density at radius 1 is 1.53 bits per heavy atom. The van der Waals surface area contributed by atoms with Gasteiger partial charge in [-0.15, -0.1) is 11.8 Å². The molecule has 2 atom stereocenters. The molecule has 2 rings (SSSR count). The average molecular weight is 339 g/mol. The van der Waals surface area contributed by atoms with Crippen LogP contribution < -0.4 is 5.32 Å². The van der Waals surface area contributed by atoms with Crippen LogP contribution in [0.5, 0.6) is 0 Å². The zero-order chi connectivity index (χ0) is 13.7. The van der Waals surface area contributed by atoms with E-state index >= 15 is 0 Å². The van der Waals surface area contributed by atoms with E-state index in [1.54, 1.807) is 0 Å². The number of benzene rings is 1. The number of hydrogen-bond acceptors (Lipinski definition) is 3. The molecule has 0 spiro atoms. The smallest absolute Gasteiger partial charge is 0.109 e. The standard InChI is InChI=1S/C15H19BrN2S/c1-18-15(11-17)9-4-5-12(15)8-10-19-14-7-3-2-6-13(14)16/h2-3,6-7,12,18H,4-5,8-10H2,1H3. The lowest BCUT2D eigenvalue weighted by Gasteiger charge is -2.28. The second-order valence-corrected chi connectivity index (χ2v) is 6.98. The summed E-state index contributed by atoms with van der Waals surface area (Å²) < 4.78 is 1.16. The van der Waals surface area contributed by atoms with E-state index in [-0.39, 0.29) is 5.54 Å². The van der Waals surface area contributed by atoms with Gasteiger partial charge in [-0.25, -0.2) is 0 Å². The molecule has 1 fully saturated rings. The molecule has 4 heteroatoms. The molecule has 102 valence electrons. The van der Waals surface area contributed by atoms with Crippen molar-refractivity contribution >= 4 is 27.7 Å². The first-order valence-electron chi connectivity index (χ1n) is 6.69. The molecule has 0 bridgehead atoms. The largest absolute Gasteiger partial charge is 0.302 e. The van der Waals surface area contributed by atoms with E-state index in [1.165, 1.54) is 17.7 Å². The molecule has 1 N–H and O–H groups in total. The highest BCUT2D eigenvalue weighted by atomic mass is 79.9. The summed E-state index contributed by atoms with van der Waals surface area (Å²) in [5.41, 5.74) is -0.283. The minimum absolute atomic E-state index is 0.283. The van der Waals surface area contributed by atoms with Crippen molar-refractivity contribution in [3.8, 4) is 6.07 Å². The third-order valence-corrected chi connectivity index (χ3v) is 6.09. The predicted octanol–water partition coefficient (Wildman–Crippen LogP) is 4.21. The molecule has 0 amide bonds. The van der Waals surface area contributed by atoms with Crippen molar-refractivity contribution < 1.29 is 0 Å². The molecule has 2 nitrogen and oxygen atoms in total. The maximum absolute atomic E-state index is 9.42. The third-order valence-electron chi connectivity index (χ3n) is 4.03. The monoisotopic (exact) mass is 338 g/mol. The number of thioether (sulfide) groups is 1. The molecule has 1 saturated carbocycles. The number of nitrogens with zero attached hydrogens (tertiary/aromatic N) is 1. The first-order valence-corrected chi connectivity index (χ1v) is 8.47. The number of rotatable bonds is 5. The Kier molecular flexibility index (Phi) is 5.32. The average Bonchev–Trinajstić information content (AvgIpc) is 2.84. The predicted molar refractivity (Wildman–Crippen MR) is 84.2 cm³/mol. The van der Waals surface area contributed by atoms with Crippen LogP contribution in [-0.2, 0) is 0 Å². The summed E-state index contributed by atoms with van der Waals surface area (Å²) in [7, 11) is 1.92. The number of halogens is 1. The van der Waals surface area contributed by atoms with Crippen LogP contribution >= 0.6 is 27.7 Å². The van der Waals surface area contributed by atoms with Crippen molar-refractivity contribution in [2.75, 3.05) is 12.8 Å². The van der Waals surface area contributed by atoms with Gasteiger partial charge in [0, 0.05) is 9.37 Å². The molecule has 1 aliphatic carbocycles. The van der Waals surface area contributed by atoms with Gasteiger partial charge in [0.2, 0.25) is 0 Å². The molecule has 0 radical (unpaired) electrons. The summed E-state index contributed by atoms with van der Waals surface area (Å²) in [6.07, 6.45) is 4.43. The summed E-state index contributed by atoms with van der Waals surface area (Å²) >= 11 is 5.45. The van der Waals surface area contributed by atoms with Crippen molar-refractivity contribution in [1.82, 2.24) is 5.32 Å². The zero-order valence-electron chi connectivity index (χ0n) is 11.2. The van der Waals surface area contributed by atoms with Crippen LogP contribution in [0.15, 0.2) is 33.6 Å². The molecule has 19 heavy (non-hydrogen) atoms. The minimum Gasteiger partial charge on any atom is -0.302 e. The molecule has 1 aliphatic rings. The number of hydrogen-bond donors (Lipinski definition) is 1. The van der Waals surface area contributed by atoms with E-state index in [0.717, 1.165) is 23.1 Å². The van der Waals surface area contributed by atoms with E-state index in [2.05, 4.69) is 45.5 Å². The van der Waals surface area contributed by atoms with Gasteiger partial charge >= 0.3 is 0 Å². The van der Waals surface area contributed by atoms with Crippen LogP contribution in [0.3, 0.4) is 0 Å². The van der Waals surface area contributed by atoms with Gasteiger partial charge in [-0.3, -0.25) is 0 Å². The summed E-state index contributed by atoms with van der Waals surface area (Å²) in [4.78, 5) is 1.28. The van der Waals surface area contributed by atoms with Crippen LogP contribution in [-0.4, -0.2) is 18.3 Å². The Balaban J connectivity index is 1.90. The van der Waals surface area contributed by atoms with Crippen LogP contribution in [0, 0.1) is 17.2 Å². The zero-order valence-corrected chi connectivity index (χ0v) is 13.6. The maximum Gasteiger partial charge on any atom is 0.109 e. The van der Waals surface area contributed by atoms with Gasteiger partial charge in [-0.2, -0.15) is 5.26 Å². The SMILES string of the molecule is CNC1(C#N)CCCC1CCSc1ccccc1Br. The van der Waals surface area contributed by atoms with Gasteiger partial charge < -0.3 is 5.32 Å². The van der Waals surface area contributed by atoms with Crippen LogP contribution in [0.25, 0.3) is 0 Å². The van der Waals surface area contributed by atoms with Gasteiger partial charge in [0.15, 0.2) is 0 Å². The topological polar surface area (TPSA) is 35.8 Å². The van der Waals surface area contributed by atoms with E-state index in [4.69, 9.17) is 0 Å². The fourth-order valence-corrected chi connectivity index (χ4v) is 4.50. The minimum atomic E-state index is -0.283. The highest BCUT2D eigenvalue weighted by molar-refractivity contribution is 9.10. The molecular weight excluding hydrogens is 320 g/mol. The Bertz CT molecular complexity index is 471.